The molecule has 0 spiro atoms. The van der Waals surface area contributed by atoms with Crippen LogP contribution in [0, 0.1) is 6.92 Å². The summed E-state index contributed by atoms with van der Waals surface area (Å²) in [4.78, 5) is 8.59. The van der Waals surface area contributed by atoms with Crippen LogP contribution in [0.3, 0.4) is 0 Å². The Labute approximate surface area is 119 Å². The van der Waals surface area contributed by atoms with Crippen LogP contribution >= 0.6 is 15.9 Å². The monoisotopic (exact) mass is 317 g/mol. The summed E-state index contributed by atoms with van der Waals surface area (Å²) >= 11 is 3.50. The Hall–Kier alpha value is -1.88. The zero-order valence-corrected chi connectivity index (χ0v) is 12.2. The number of aryl methyl sites for hydroxylation is 1. The summed E-state index contributed by atoms with van der Waals surface area (Å²) in [6.07, 6.45) is 5.66. The molecule has 3 aromatic rings. The summed E-state index contributed by atoms with van der Waals surface area (Å²) in [5.41, 5.74) is 4.22. The largest absolute Gasteiger partial charge is 0.481 e. The lowest BCUT2D eigenvalue weighted by Crippen LogP contribution is -1.92. The summed E-state index contributed by atoms with van der Waals surface area (Å²) in [5.74, 6) is 0.616. The number of imidazole rings is 1. The average Bonchev–Trinajstić information content (AvgIpc) is 2.81. The van der Waals surface area contributed by atoms with Crippen molar-refractivity contribution in [1.82, 2.24) is 14.4 Å². The number of pyridine rings is 2. The van der Waals surface area contributed by atoms with Gasteiger partial charge in [-0.3, -0.25) is 4.40 Å². The fraction of sp³-hybridized carbons (Fsp3) is 0.143. The molecule has 5 heteroatoms. The molecule has 0 N–H and O–H groups in total. The quantitative estimate of drug-likeness (QED) is 0.726. The van der Waals surface area contributed by atoms with Crippen LogP contribution in [-0.2, 0) is 0 Å². The second kappa shape index (κ2) is 4.66. The SMILES string of the molecule is COc1ccc(-c2cc(C)c3ncc(Br)n3c2)cn1. The summed E-state index contributed by atoms with van der Waals surface area (Å²) in [5, 5.41) is 0. The van der Waals surface area contributed by atoms with Crippen molar-refractivity contribution in [1.29, 1.82) is 0 Å². The highest BCUT2D eigenvalue weighted by Crippen LogP contribution is 2.25. The van der Waals surface area contributed by atoms with E-state index in [-0.39, 0.29) is 0 Å². The van der Waals surface area contributed by atoms with E-state index in [1.54, 1.807) is 13.3 Å². The van der Waals surface area contributed by atoms with Gasteiger partial charge in [-0.25, -0.2) is 9.97 Å². The van der Waals surface area contributed by atoms with Crippen LogP contribution in [0.15, 0.2) is 41.4 Å². The van der Waals surface area contributed by atoms with Gasteiger partial charge in [0.25, 0.3) is 0 Å². The Morgan fingerprint density at radius 3 is 2.68 bits per heavy atom. The number of methoxy groups -OCH3 is 1. The van der Waals surface area contributed by atoms with Crippen LogP contribution in [0.4, 0.5) is 0 Å². The summed E-state index contributed by atoms with van der Waals surface area (Å²) in [7, 11) is 1.61. The molecule has 0 saturated carbocycles. The van der Waals surface area contributed by atoms with Crippen LogP contribution in [0.25, 0.3) is 16.8 Å². The average molecular weight is 318 g/mol. The van der Waals surface area contributed by atoms with Crippen LogP contribution in [-0.4, -0.2) is 21.5 Å². The second-order valence-corrected chi connectivity index (χ2v) is 5.09. The van der Waals surface area contributed by atoms with Gasteiger partial charge in [0.15, 0.2) is 0 Å². The topological polar surface area (TPSA) is 39.4 Å². The number of halogens is 1. The third kappa shape index (κ3) is 2.10. The van der Waals surface area contributed by atoms with E-state index in [0.29, 0.717) is 5.88 Å². The first kappa shape index (κ1) is 12.2. The van der Waals surface area contributed by atoms with Gasteiger partial charge in [0, 0.05) is 29.6 Å². The zero-order valence-electron chi connectivity index (χ0n) is 10.6. The number of nitrogens with zero attached hydrogens (tertiary/aromatic N) is 3. The van der Waals surface area contributed by atoms with Crippen molar-refractivity contribution in [2.24, 2.45) is 0 Å². The lowest BCUT2D eigenvalue weighted by molar-refractivity contribution is 0.398. The Bertz CT molecular complexity index is 734. The molecule has 0 bridgehead atoms. The van der Waals surface area contributed by atoms with Crippen molar-refractivity contribution < 1.29 is 4.74 Å². The first-order chi connectivity index (χ1) is 9.19. The fourth-order valence-corrected chi connectivity index (χ4v) is 2.43. The Morgan fingerprint density at radius 1 is 1.16 bits per heavy atom. The van der Waals surface area contributed by atoms with Gasteiger partial charge >= 0.3 is 0 Å². The highest BCUT2D eigenvalue weighted by molar-refractivity contribution is 9.10. The van der Waals surface area contributed by atoms with Crippen molar-refractivity contribution >= 4 is 21.6 Å². The summed E-state index contributed by atoms with van der Waals surface area (Å²) < 4.78 is 8.03. The van der Waals surface area contributed by atoms with Gasteiger partial charge in [0.05, 0.1) is 13.3 Å². The number of rotatable bonds is 2. The molecule has 3 rings (SSSR count). The second-order valence-electron chi connectivity index (χ2n) is 4.28. The summed E-state index contributed by atoms with van der Waals surface area (Å²) in [6.45, 7) is 2.05. The molecule has 96 valence electrons. The lowest BCUT2D eigenvalue weighted by Gasteiger charge is -2.06. The van der Waals surface area contributed by atoms with Crippen molar-refractivity contribution in [2.75, 3.05) is 7.11 Å². The molecule has 0 radical (unpaired) electrons. The molecule has 19 heavy (non-hydrogen) atoms. The maximum Gasteiger partial charge on any atom is 0.212 e. The molecule has 0 amide bonds. The highest BCUT2D eigenvalue weighted by atomic mass is 79.9. The third-order valence-electron chi connectivity index (χ3n) is 3.02. The Morgan fingerprint density at radius 2 is 2.00 bits per heavy atom. The standard InChI is InChI=1S/C14H12BrN3O/c1-9-5-11(8-18-12(15)7-17-14(9)18)10-3-4-13(19-2)16-6-10/h3-8H,1-2H3. The first-order valence-corrected chi connectivity index (χ1v) is 6.62. The van der Waals surface area contributed by atoms with E-state index in [1.807, 2.05) is 28.9 Å². The zero-order chi connectivity index (χ0) is 13.4. The minimum absolute atomic E-state index is 0.616. The molecule has 0 saturated heterocycles. The molecule has 0 fully saturated rings. The van der Waals surface area contributed by atoms with Crippen molar-refractivity contribution in [2.45, 2.75) is 6.92 Å². The van der Waals surface area contributed by atoms with Crippen molar-refractivity contribution in [3.05, 3.63) is 47.0 Å². The molecule has 0 aliphatic carbocycles. The van der Waals surface area contributed by atoms with E-state index in [9.17, 15) is 0 Å². The molecule has 0 unspecified atom stereocenters. The number of hydrogen-bond donors (Lipinski definition) is 0. The molecule has 3 heterocycles. The maximum absolute atomic E-state index is 5.07. The number of aromatic nitrogens is 3. The Balaban J connectivity index is 2.15. The fourth-order valence-electron chi connectivity index (χ4n) is 2.06. The molecule has 0 atom stereocenters. The van der Waals surface area contributed by atoms with Crippen molar-refractivity contribution in [3.63, 3.8) is 0 Å². The smallest absolute Gasteiger partial charge is 0.212 e. The van der Waals surface area contributed by atoms with E-state index in [1.165, 1.54) is 0 Å². The highest BCUT2D eigenvalue weighted by Gasteiger charge is 2.07. The van der Waals surface area contributed by atoms with Gasteiger partial charge in [-0.05, 0) is 40.5 Å². The molecule has 0 aliphatic rings. The van der Waals surface area contributed by atoms with E-state index in [2.05, 4.69) is 38.9 Å². The van der Waals surface area contributed by atoms with Gasteiger partial charge in [-0.1, -0.05) is 0 Å². The van der Waals surface area contributed by atoms with E-state index in [0.717, 1.165) is 26.9 Å². The van der Waals surface area contributed by atoms with Crippen LogP contribution in [0.2, 0.25) is 0 Å². The van der Waals surface area contributed by atoms with Crippen molar-refractivity contribution in [3.8, 4) is 17.0 Å². The molecular formula is C14H12BrN3O. The molecular weight excluding hydrogens is 306 g/mol. The minimum Gasteiger partial charge on any atom is -0.481 e. The first-order valence-electron chi connectivity index (χ1n) is 5.82. The Kier molecular flexibility index (Phi) is 2.98. The molecule has 3 aromatic heterocycles. The van der Waals surface area contributed by atoms with Crippen LogP contribution in [0.5, 0.6) is 5.88 Å². The lowest BCUT2D eigenvalue weighted by atomic mass is 10.1. The molecule has 0 aliphatic heterocycles. The third-order valence-corrected chi connectivity index (χ3v) is 3.61. The minimum atomic E-state index is 0.616. The predicted octanol–water partition coefficient (Wildman–Crippen LogP) is 3.48. The number of hydrogen-bond acceptors (Lipinski definition) is 3. The maximum atomic E-state index is 5.07. The predicted molar refractivity (Wildman–Crippen MR) is 77.4 cm³/mol. The van der Waals surface area contributed by atoms with Gasteiger partial charge in [0.1, 0.15) is 10.3 Å². The van der Waals surface area contributed by atoms with E-state index in [4.69, 9.17) is 4.74 Å². The van der Waals surface area contributed by atoms with Gasteiger partial charge in [0.2, 0.25) is 5.88 Å². The van der Waals surface area contributed by atoms with Crippen LogP contribution in [0.1, 0.15) is 5.56 Å². The number of ether oxygens (including phenoxy) is 1. The molecule has 4 nitrogen and oxygen atoms in total. The van der Waals surface area contributed by atoms with Gasteiger partial charge in [-0.15, -0.1) is 0 Å². The van der Waals surface area contributed by atoms with Gasteiger partial charge in [-0.2, -0.15) is 0 Å². The normalized spacial score (nSPS) is 10.9. The van der Waals surface area contributed by atoms with Gasteiger partial charge < -0.3 is 4.74 Å². The van der Waals surface area contributed by atoms with E-state index < -0.39 is 0 Å². The molecule has 0 aromatic carbocycles. The number of fused-ring (bicyclic) bond motifs is 1. The van der Waals surface area contributed by atoms with Crippen LogP contribution < -0.4 is 4.74 Å². The summed E-state index contributed by atoms with van der Waals surface area (Å²) in [6, 6.07) is 5.97. The van der Waals surface area contributed by atoms with E-state index >= 15 is 0 Å².